The van der Waals surface area contributed by atoms with Gasteiger partial charge in [0.2, 0.25) is 5.91 Å². The minimum Gasteiger partial charge on any atom is -0.480 e. The largest absolute Gasteiger partial charge is 0.480 e. The van der Waals surface area contributed by atoms with Gasteiger partial charge in [0.1, 0.15) is 13.2 Å². The maximum atomic E-state index is 11.1. The summed E-state index contributed by atoms with van der Waals surface area (Å²) in [5, 5.41) is 10.9. The first-order valence-corrected chi connectivity index (χ1v) is 4.86. The number of hydrogen-bond acceptors (Lipinski definition) is 4. The molecule has 0 saturated carbocycles. The Hall–Kier alpha value is -1.14. The van der Waals surface area contributed by atoms with Gasteiger partial charge < -0.3 is 19.9 Å². The molecule has 86 valence electrons. The normalized spacial score (nSPS) is 20.1. The van der Waals surface area contributed by atoms with Crippen molar-refractivity contribution in [3.63, 3.8) is 0 Å². The molecule has 1 aliphatic rings. The number of carbonyl (C=O) groups excluding carboxylic acids is 1. The van der Waals surface area contributed by atoms with E-state index in [0.29, 0.717) is 6.54 Å². The summed E-state index contributed by atoms with van der Waals surface area (Å²) in [6.45, 7) is 0.539. The average molecular weight is 217 g/mol. The number of hydrogen-bond donors (Lipinski definition) is 2. The second-order valence-electron chi connectivity index (χ2n) is 3.33. The van der Waals surface area contributed by atoms with E-state index in [-0.39, 0.29) is 18.6 Å². The zero-order valence-corrected chi connectivity index (χ0v) is 8.40. The minimum atomic E-state index is -1.08. The van der Waals surface area contributed by atoms with Crippen LogP contribution in [0.3, 0.4) is 0 Å². The molecule has 0 unspecified atom stereocenters. The summed E-state index contributed by atoms with van der Waals surface area (Å²) in [6.07, 6.45) is 2.07. The smallest absolute Gasteiger partial charge is 0.329 e. The molecule has 1 rings (SSSR count). The number of amides is 1. The van der Waals surface area contributed by atoms with Gasteiger partial charge in [-0.25, -0.2) is 4.79 Å². The van der Waals surface area contributed by atoms with Gasteiger partial charge in [-0.3, -0.25) is 4.79 Å². The van der Waals surface area contributed by atoms with Crippen molar-refractivity contribution in [2.75, 3.05) is 26.4 Å². The number of rotatable bonds is 6. The van der Waals surface area contributed by atoms with Gasteiger partial charge in [-0.2, -0.15) is 0 Å². The standard InChI is InChI=1S/C9H15NO5/c11-8(5-14-6-9(12)13)10-4-7-2-1-3-15-7/h7H,1-6H2,(H,10,11)(H,12,13)/t7-/m1/s1. The van der Waals surface area contributed by atoms with E-state index in [0.717, 1.165) is 19.4 Å². The number of carboxylic acids is 1. The molecule has 2 N–H and O–H groups in total. The summed E-state index contributed by atoms with van der Waals surface area (Å²) >= 11 is 0. The van der Waals surface area contributed by atoms with Crippen LogP contribution in [0, 0.1) is 0 Å². The fraction of sp³-hybridized carbons (Fsp3) is 0.778. The van der Waals surface area contributed by atoms with Gasteiger partial charge in [0.15, 0.2) is 0 Å². The third kappa shape index (κ3) is 5.34. The molecular formula is C9H15NO5. The number of ether oxygens (including phenoxy) is 2. The summed E-state index contributed by atoms with van der Waals surface area (Å²) in [5.41, 5.74) is 0. The van der Waals surface area contributed by atoms with Crippen LogP contribution in [0.15, 0.2) is 0 Å². The second-order valence-corrected chi connectivity index (χ2v) is 3.33. The van der Waals surface area contributed by atoms with Gasteiger partial charge in [0, 0.05) is 13.2 Å². The summed E-state index contributed by atoms with van der Waals surface area (Å²) in [4.78, 5) is 21.2. The molecule has 15 heavy (non-hydrogen) atoms. The predicted octanol–water partition coefficient (Wildman–Crippen LogP) is -0.617. The molecule has 0 aromatic carbocycles. The first kappa shape index (κ1) is 11.9. The van der Waals surface area contributed by atoms with E-state index < -0.39 is 12.6 Å². The first-order chi connectivity index (χ1) is 7.18. The maximum Gasteiger partial charge on any atom is 0.329 e. The van der Waals surface area contributed by atoms with Crippen molar-refractivity contribution in [3.05, 3.63) is 0 Å². The van der Waals surface area contributed by atoms with Gasteiger partial charge in [-0.05, 0) is 12.8 Å². The molecule has 6 nitrogen and oxygen atoms in total. The van der Waals surface area contributed by atoms with E-state index in [4.69, 9.17) is 9.84 Å². The van der Waals surface area contributed by atoms with Crippen molar-refractivity contribution in [3.8, 4) is 0 Å². The molecule has 1 saturated heterocycles. The average Bonchev–Trinajstić information content (AvgIpc) is 2.66. The summed E-state index contributed by atoms with van der Waals surface area (Å²) < 4.78 is 9.92. The lowest BCUT2D eigenvalue weighted by molar-refractivity contribution is -0.143. The van der Waals surface area contributed by atoms with Crippen LogP contribution in [0.2, 0.25) is 0 Å². The highest BCUT2D eigenvalue weighted by molar-refractivity contribution is 5.77. The second kappa shape index (κ2) is 6.36. The van der Waals surface area contributed by atoms with E-state index in [2.05, 4.69) is 10.1 Å². The Morgan fingerprint density at radius 1 is 1.47 bits per heavy atom. The lowest BCUT2D eigenvalue weighted by atomic mass is 10.2. The van der Waals surface area contributed by atoms with E-state index in [1.54, 1.807) is 0 Å². The SMILES string of the molecule is O=C(O)COCC(=O)NC[C@H]1CCCO1. The summed E-state index contributed by atoms with van der Waals surface area (Å²) in [5.74, 6) is -1.39. The van der Waals surface area contributed by atoms with Gasteiger partial charge in [0.25, 0.3) is 0 Å². The van der Waals surface area contributed by atoms with Crippen LogP contribution in [-0.4, -0.2) is 49.5 Å². The molecule has 6 heteroatoms. The van der Waals surface area contributed by atoms with Crippen molar-refractivity contribution >= 4 is 11.9 Å². The summed E-state index contributed by atoms with van der Waals surface area (Å²) in [6, 6.07) is 0. The minimum absolute atomic E-state index is 0.0911. The fourth-order valence-electron chi connectivity index (χ4n) is 1.32. The zero-order chi connectivity index (χ0) is 11.1. The van der Waals surface area contributed by atoms with Crippen molar-refractivity contribution in [1.82, 2.24) is 5.32 Å². The lowest BCUT2D eigenvalue weighted by Crippen LogP contribution is -2.34. The highest BCUT2D eigenvalue weighted by atomic mass is 16.5. The molecule has 1 aliphatic heterocycles. The Labute approximate surface area is 87.5 Å². The molecule has 0 aromatic heterocycles. The highest BCUT2D eigenvalue weighted by Gasteiger charge is 2.16. The van der Waals surface area contributed by atoms with Crippen molar-refractivity contribution < 1.29 is 24.2 Å². The Balaban J connectivity index is 2.00. The van der Waals surface area contributed by atoms with Crippen LogP contribution in [-0.2, 0) is 19.1 Å². The predicted molar refractivity (Wildman–Crippen MR) is 50.4 cm³/mol. The third-order valence-corrected chi connectivity index (χ3v) is 2.01. The molecule has 1 amide bonds. The van der Waals surface area contributed by atoms with Gasteiger partial charge >= 0.3 is 5.97 Å². The van der Waals surface area contributed by atoms with Gasteiger partial charge in [-0.1, -0.05) is 0 Å². The molecule has 0 aliphatic carbocycles. The van der Waals surface area contributed by atoms with Crippen LogP contribution in [0.5, 0.6) is 0 Å². The molecule has 0 radical (unpaired) electrons. The maximum absolute atomic E-state index is 11.1. The topological polar surface area (TPSA) is 84.9 Å². The highest BCUT2D eigenvalue weighted by Crippen LogP contribution is 2.10. The monoisotopic (exact) mass is 217 g/mol. The number of nitrogens with one attached hydrogen (secondary N) is 1. The molecular weight excluding hydrogens is 202 g/mol. The fourth-order valence-corrected chi connectivity index (χ4v) is 1.32. The molecule has 1 atom stereocenters. The van der Waals surface area contributed by atoms with Gasteiger partial charge in [0.05, 0.1) is 6.10 Å². The number of aliphatic carboxylic acids is 1. The Kier molecular flexibility index (Phi) is 5.06. The van der Waals surface area contributed by atoms with E-state index >= 15 is 0 Å². The van der Waals surface area contributed by atoms with Crippen LogP contribution < -0.4 is 5.32 Å². The first-order valence-electron chi connectivity index (χ1n) is 4.86. The number of carbonyl (C=O) groups is 2. The quantitative estimate of drug-likeness (QED) is 0.619. The molecule has 1 heterocycles. The van der Waals surface area contributed by atoms with Gasteiger partial charge in [-0.15, -0.1) is 0 Å². The Morgan fingerprint density at radius 2 is 2.27 bits per heavy atom. The third-order valence-electron chi connectivity index (χ3n) is 2.01. The van der Waals surface area contributed by atoms with E-state index in [1.165, 1.54) is 0 Å². The van der Waals surface area contributed by atoms with E-state index in [1.807, 2.05) is 0 Å². The van der Waals surface area contributed by atoms with Crippen molar-refractivity contribution in [1.29, 1.82) is 0 Å². The molecule has 1 fully saturated rings. The van der Waals surface area contributed by atoms with E-state index in [9.17, 15) is 9.59 Å². The van der Waals surface area contributed by atoms with Crippen LogP contribution in [0.1, 0.15) is 12.8 Å². The Bertz CT molecular complexity index is 225. The zero-order valence-electron chi connectivity index (χ0n) is 8.40. The summed E-state index contributed by atoms with van der Waals surface area (Å²) in [7, 11) is 0. The lowest BCUT2D eigenvalue weighted by Gasteiger charge is -2.10. The van der Waals surface area contributed by atoms with Crippen LogP contribution in [0.4, 0.5) is 0 Å². The van der Waals surface area contributed by atoms with Crippen molar-refractivity contribution in [2.24, 2.45) is 0 Å². The van der Waals surface area contributed by atoms with Crippen molar-refractivity contribution in [2.45, 2.75) is 18.9 Å². The molecule has 0 bridgehead atoms. The Morgan fingerprint density at radius 3 is 2.87 bits per heavy atom. The van der Waals surface area contributed by atoms with Crippen LogP contribution >= 0.6 is 0 Å². The van der Waals surface area contributed by atoms with Crippen LogP contribution in [0.25, 0.3) is 0 Å². The molecule has 0 spiro atoms. The molecule has 0 aromatic rings. The number of carboxylic acid groups (broad SMARTS) is 1.